The molecule has 1 aromatic rings. The average Bonchev–Trinajstić information content (AvgIpc) is 3.01. The number of aliphatic hydroxyl groups excluding tert-OH is 2. The highest BCUT2D eigenvalue weighted by molar-refractivity contribution is 6.18. The van der Waals surface area contributed by atoms with Gasteiger partial charge >= 0.3 is 0 Å². The number of nitrogens with zero attached hydrogens (tertiary/aromatic N) is 2. The van der Waals surface area contributed by atoms with Crippen molar-refractivity contribution in [2.75, 3.05) is 50.0 Å². The Balaban J connectivity index is 1.76. The zero-order chi connectivity index (χ0) is 19.6. The molecule has 1 unspecified atom stereocenters. The largest absolute Gasteiger partial charge is 0.388 e. The topological polar surface area (TPSA) is 65.4 Å². The lowest BCUT2D eigenvalue weighted by Gasteiger charge is -2.27. The van der Waals surface area contributed by atoms with Gasteiger partial charge < -0.3 is 19.8 Å². The van der Waals surface area contributed by atoms with Gasteiger partial charge in [-0.3, -0.25) is 4.84 Å². The van der Waals surface area contributed by atoms with Gasteiger partial charge in [0.05, 0.1) is 13.7 Å². The zero-order valence-electron chi connectivity index (χ0n) is 15.8. The minimum Gasteiger partial charge on any atom is -0.388 e. The predicted molar refractivity (Wildman–Crippen MR) is 109 cm³/mol. The van der Waals surface area contributed by atoms with Crippen LogP contribution in [0.1, 0.15) is 18.4 Å². The summed E-state index contributed by atoms with van der Waals surface area (Å²) in [5.74, 6) is 1.15. The lowest BCUT2D eigenvalue weighted by Crippen LogP contribution is -2.44. The van der Waals surface area contributed by atoms with Gasteiger partial charge in [0, 0.05) is 37.1 Å². The Morgan fingerprint density at radius 3 is 2.26 bits per heavy atom. The van der Waals surface area contributed by atoms with E-state index in [1.165, 1.54) is 5.56 Å². The zero-order valence-corrected chi connectivity index (χ0v) is 17.3. The number of anilines is 1. The van der Waals surface area contributed by atoms with E-state index in [-0.39, 0.29) is 6.61 Å². The van der Waals surface area contributed by atoms with E-state index in [1.54, 1.807) is 12.2 Å². The summed E-state index contributed by atoms with van der Waals surface area (Å²) in [6.45, 7) is 2.32. The average molecular weight is 421 g/mol. The molecule has 1 aromatic carbocycles. The smallest absolute Gasteiger partial charge is 0.161 e. The molecule has 1 aliphatic rings. The van der Waals surface area contributed by atoms with Gasteiger partial charge in [0.2, 0.25) is 0 Å². The number of hydrogen-bond acceptors (Lipinski definition) is 6. The third kappa shape index (κ3) is 6.75. The molecule has 27 heavy (non-hydrogen) atoms. The Morgan fingerprint density at radius 1 is 1.07 bits per heavy atom. The number of aryl methyl sites for hydroxylation is 1. The van der Waals surface area contributed by atoms with Crippen LogP contribution >= 0.6 is 23.2 Å². The summed E-state index contributed by atoms with van der Waals surface area (Å²) < 4.78 is 5.40. The maximum Gasteiger partial charge on any atom is 0.161 e. The lowest BCUT2D eigenvalue weighted by atomic mass is 10.1. The Bertz CT molecular complexity index is 529. The molecule has 0 saturated carbocycles. The van der Waals surface area contributed by atoms with E-state index in [0.717, 1.165) is 38.0 Å². The van der Waals surface area contributed by atoms with Crippen LogP contribution in [0.3, 0.4) is 0 Å². The van der Waals surface area contributed by atoms with Crippen molar-refractivity contribution in [3.05, 3.63) is 29.8 Å². The Morgan fingerprint density at radius 2 is 1.74 bits per heavy atom. The number of alkyl halides is 2. The van der Waals surface area contributed by atoms with Crippen LogP contribution in [-0.2, 0) is 16.0 Å². The van der Waals surface area contributed by atoms with E-state index in [4.69, 9.17) is 32.8 Å². The quantitative estimate of drug-likeness (QED) is 0.307. The molecule has 1 aliphatic heterocycles. The van der Waals surface area contributed by atoms with Crippen LogP contribution in [0.4, 0.5) is 5.69 Å². The van der Waals surface area contributed by atoms with Crippen molar-refractivity contribution in [2.24, 2.45) is 0 Å². The molecule has 3 atom stereocenters. The molecule has 1 heterocycles. The number of benzene rings is 1. The lowest BCUT2D eigenvalue weighted by molar-refractivity contribution is -0.242. The number of halogens is 2. The van der Waals surface area contributed by atoms with E-state index in [9.17, 15) is 10.2 Å². The second-order valence-electron chi connectivity index (χ2n) is 6.59. The second kappa shape index (κ2) is 12.1. The summed E-state index contributed by atoms with van der Waals surface area (Å²) in [5, 5.41) is 21.1. The molecular weight excluding hydrogens is 391 g/mol. The van der Waals surface area contributed by atoms with Gasteiger partial charge in [-0.2, -0.15) is 5.06 Å². The van der Waals surface area contributed by atoms with E-state index in [1.807, 2.05) is 0 Å². The van der Waals surface area contributed by atoms with Gasteiger partial charge in [-0.05, 0) is 37.0 Å². The molecule has 0 aliphatic carbocycles. The first-order chi connectivity index (χ1) is 13.1. The molecule has 0 amide bonds. The summed E-state index contributed by atoms with van der Waals surface area (Å²) >= 11 is 11.7. The fraction of sp³-hybridized carbons (Fsp3) is 0.684. The summed E-state index contributed by atoms with van der Waals surface area (Å²) in [5.41, 5.74) is 2.41. The molecule has 8 heteroatoms. The molecule has 2 N–H and O–H groups in total. The first-order valence-electron chi connectivity index (χ1n) is 9.35. The first-order valence-corrected chi connectivity index (χ1v) is 10.4. The van der Waals surface area contributed by atoms with Crippen molar-refractivity contribution in [1.29, 1.82) is 0 Å². The summed E-state index contributed by atoms with van der Waals surface area (Å²) in [6.07, 6.45) is 0.420. The van der Waals surface area contributed by atoms with E-state index < -0.39 is 18.4 Å². The molecule has 0 spiro atoms. The van der Waals surface area contributed by atoms with Crippen LogP contribution in [0.5, 0.6) is 0 Å². The minimum absolute atomic E-state index is 0.127. The Hall–Kier alpha value is -0.600. The molecule has 6 nitrogen and oxygen atoms in total. The van der Waals surface area contributed by atoms with Gasteiger partial charge in [0.15, 0.2) is 6.23 Å². The summed E-state index contributed by atoms with van der Waals surface area (Å²) in [7, 11) is 1.55. The van der Waals surface area contributed by atoms with Crippen molar-refractivity contribution in [3.63, 3.8) is 0 Å². The molecule has 1 saturated heterocycles. The maximum atomic E-state index is 9.92. The van der Waals surface area contributed by atoms with E-state index in [0.29, 0.717) is 18.3 Å². The van der Waals surface area contributed by atoms with Crippen LogP contribution < -0.4 is 4.90 Å². The van der Waals surface area contributed by atoms with Crippen LogP contribution in [0, 0.1) is 0 Å². The SMILES string of the molecule is CON(CCCCc1ccc(N(CCCl)CCCl)cc1)C1OC[C@@H](O)[C@H]1O. The second-order valence-corrected chi connectivity index (χ2v) is 7.35. The van der Waals surface area contributed by atoms with E-state index in [2.05, 4.69) is 29.2 Å². The minimum atomic E-state index is -0.943. The third-order valence-corrected chi connectivity index (χ3v) is 5.08. The number of aliphatic hydroxyl groups is 2. The van der Waals surface area contributed by atoms with Crippen LogP contribution in [0.15, 0.2) is 24.3 Å². The molecule has 0 aromatic heterocycles. The number of hydroxylamine groups is 2. The highest BCUT2D eigenvalue weighted by atomic mass is 35.5. The van der Waals surface area contributed by atoms with Gasteiger partial charge in [-0.15, -0.1) is 23.2 Å². The standard InChI is InChI=1S/C19H30Cl2N2O4/c1-26-23(19-18(25)17(24)14-27-19)11-3-2-4-15-5-7-16(8-6-15)22(12-9-20)13-10-21/h5-8,17-19,24-25H,2-4,9-14H2,1H3/t17-,18-,19?/m1/s1. The van der Waals surface area contributed by atoms with Gasteiger partial charge in [-0.1, -0.05) is 12.1 Å². The van der Waals surface area contributed by atoms with Crippen LogP contribution in [0.2, 0.25) is 0 Å². The number of hydrogen-bond donors (Lipinski definition) is 2. The molecule has 0 radical (unpaired) electrons. The van der Waals surface area contributed by atoms with Gasteiger partial charge in [0.1, 0.15) is 12.2 Å². The molecule has 2 rings (SSSR count). The van der Waals surface area contributed by atoms with Crippen molar-refractivity contribution >= 4 is 28.9 Å². The first kappa shape index (κ1) is 22.7. The maximum absolute atomic E-state index is 9.92. The highest BCUT2D eigenvalue weighted by Crippen LogP contribution is 2.20. The predicted octanol–water partition coefficient (Wildman–Crippen LogP) is 2.23. The van der Waals surface area contributed by atoms with Crippen molar-refractivity contribution in [2.45, 2.75) is 37.7 Å². The summed E-state index contributed by atoms with van der Waals surface area (Å²) in [4.78, 5) is 7.49. The fourth-order valence-electron chi connectivity index (χ4n) is 3.20. The molecule has 1 fully saturated rings. The fourth-order valence-corrected chi connectivity index (χ4v) is 3.61. The Kier molecular flexibility index (Phi) is 10.1. The molecular formula is C19H30Cl2N2O4. The third-order valence-electron chi connectivity index (χ3n) is 4.75. The van der Waals surface area contributed by atoms with Crippen LogP contribution in [0.25, 0.3) is 0 Å². The number of ether oxygens (including phenoxy) is 1. The number of rotatable bonds is 12. The highest BCUT2D eigenvalue weighted by Gasteiger charge is 2.38. The van der Waals surface area contributed by atoms with Gasteiger partial charge in [0.25, 0.3) is 0 Å². The van der Waals surface area contributed by atoms with Gasteiger partial charge in [-0.25, -0.2) is 0 Å². The molecule has 154 valence electrons. The number of unbranched alkanes of at least 4 members (excludes halogenated alkanes) is 1. The normalized spacial score (nSPS) is 22.5. The summed E-state index contributed by atoms with van der Waals surface area (Å²) in [6, 6.07) is 8.50. The molecule has 0 bridgehead atoms. The Labute approximate surface area is 171 Å². The van der Waals surface area contributed by atoms with Crippen molar-refractivity contribution in [1.82, 2.24) is 5.06 Å². The van der Waals surface area contributed by atoms with Crippen molar-refractivity contribution in [3.8, 4) is 0 Å². The monoisotopic (exact) mass is 420 g/mol. The van der Waals surface area contributed by atoms with E-state index >= 15 is 0 Å². The van der Waals surface area contributed by atoms with Crippen LogP contribution in [-0.4, -0.2) is 78.8 Å². The van der Waals surface area contributed by atoms with Crippen molar-refractivity contribution < 1.29 is 19.8 Å².